The summed E-state index contributed by atoms with van der Waals surface area (Å²) in [6.07, 6.45) is 5.45. The summed E-state index contributed by atoms with van der Waals surface area (Å²) in [5.74, 6) is -0.199. The van der Waals surface area contributed by atoms with E-state index < -0.39 is 9.85 Å². The molecule has 2 aliphatic rings. The lowest BCUT2D eigenvalue weighted by Crippen LogP contribution is -2.43. The van der Waals surface area contributed by atoms with Crippen molar-refractivity contribution in [2.45, 2.75) is 58.5 Å². The number of amides is 2. The Morgan fingerprint density at radius 2 is 1.33 bits per heavy atom. The van der Waals surface area contributed by atoms with E-state index in [4.69, 9.17) is 19.9 Å². The predicted octanol–water partition coefficient (Wildman–Crippen LogP) is 3.98. The first kappa shape index (κ1) is 36.4. The fraction of sp³-hybridized carbons (Fsp3) is 0.571. The van der Waals surface area contributed by atoms with Crippen molar-refractivity contribution in [2.24, 2.45) is 5.73 Å². The second-order valence-corrected chi connectivity index (χ2v) is 9.77. The molecule has 0 aliphatic carbocycles. The molecule has 248 valence electrons. The number of hydrogen-bond acceptors (Lipinski definition) is 13. The summed E-state index contributed by atoms with van der Waals surface area (Å²) in [7, 11) is 0. The Morgan fingerprint density at radius 3 is 1.82 bits per heavy atom. The van der Waals surface area contributed by atoms with Crippen LogP contribution in [0.3, 0.4) is 0 Å². The monoisotopic (exact) mass is 634 g/mol. The summed E-state index contributed by atoms with van der Waals surface area (Å²) < 4.78 is 14.8. The highest BCUT2D eigenvalue weighted by Gasteiger charge is 2.25. The lowest BCUT2D eigenvalue weighted by atomic mass is 10.1. The molecule has 17 heteroatoms. The van der Waals surface area contributed by atoms with Crippen LogP contribution in [0.4, 0.5) is 26.9 Å². The number of nitrogens with zero attached hydrogens (tertiary/aromatic N) is 6. The van der Waals surface area contributed by atoms with Crippen LogP contribution in [0.2, 0.25) is 0 Å². The molecule has 2 aliphatic heterocycles. The van der Waals surface area contributed by atoms with Crippen LogP contribution in [0.5, 0.6) is 5.75 Å². The third-order valence-corrected chi connectivity index (χ3v) is 6.63. The van der Waals surface area contributed by atoms with E-state index in [1.54, 1.807) is 41.8 Å². The highest BCUT2D eigenvalue weighted by Crippen LogP contribution is 2.24. The smallest absolute Gasteiger partial charge is 0.409 e. The molecule has 4 rings (SSSR count). The van der Waals surface area contributed by atoms with Gasteiger partial charge in [-0.15, -0.1) is 0 Å². The Morgan fingerprint density at radius 1 is 0.844 bits per heavy atom. The predicted molar refractivity (Wildman–Crippen MR) is 164 cm³/mol. The van der Waals surface area contributed by atoms with Gasteiger partial charge in [0.2, 0.25) is 5.75 Å². The van der Waals surface area contributed by atoms with Crippen LogP contribution in [0.25, 0.3) is 0 Å². The summed E-state index contributed by atoms with van der Waals surface area (Å²) in [4.78, 5) is 53.7. The second kappa shape index (κ2) is 19.5. The highest BCUT2D eigenvalue weighted by molar-refractivity contribution is 5.68. The van der Waals surface area contributed by atoms with E-state index in [0.29, 0.717) is 51.4 Å². The number of nitrogens with one attached hydrogen (secondary N) is 1. The van der Waals surface area contributed by atoms with Crippen molar-refractivity contribution in [3.8, 4) is 5.75 Å². The van der Waals surface area contributed by atoms with Crippen molar-refractivity contribution in [1.82, 2.24) is 19.8 Å². The number of nitrogens with two attached hydrogens (primary N) is 1. The Balaban J connectivity index is 0.000000252. The number of anilines is 1. The maximum absolute atomic E-state index is 11.6. The molecule has 0 unspecified atom stereocenters. The van der Waals surface area contributed by atoms with Crippen LogP contribution in [-0.2, 0) is 9.47 Å². The molecule has 0 radical (unpaired) electrons. The minimum Gasteiger partial charge on any atom is -0.486 e. The van der Waals surface area contributed by atoms with E-state index in [9.17, 15) is 29.8 Å². The van der Waals surface area contributed by atoms with Crippen LogP contribution >= 0.6 is 0 Å². The van der Waals surface area contributed by atoms with Crippen LogP contribution in [0.15, 0.2) is 36.7 Å². The molecule has 0 aromatic carbocycles. The van der Waals surface area contributed by atoms with Gasteiger partial charge in [-0.25, -0.2) is 9.59 Å². The number of rotatable bonds is 8. The summed E-state index contributed by atoms with van der Waals surface area (Å²) in [6, 6.07) is 6.76. The van der Waals surface area contributed by atoms with Gasteiger partial charge in [0.25, 0.3) is 0 Å². The van der Waals surface area contributed by atoms with Gasteiger partial charge in [0.05, 0.1) is 19.8 Å². The van der Waals surface area contributed by atoms with E-state index in [-0.39, 0.29) is 41.7 Å². The normalized spacial score (nSPS) is 14.9. The van der Waals surface area contributed by atoms with Crippen molar-refractivity contribution in [1.29, 1.82) is 0 Å². The third kappa shape index (κ3) is 12.4. The van der Waals surface area contributed by atoms with Gasteiger partial charge in [-0.05, 0) is 90.5 Å². The summed E-state index contributed by atoms with van der Waals surface area (Å²) in [6.45, 7) is 9.17. The molecule has 2 aromatic rings. The summed E-state index contributed by atoms with van der Waals surface area (Å²) >= 11 is 0. The van der Waals surface area contributed by atoms with E-state index in [1.165, 1.54) is 18.5 Å². The largest absolute Gasteiger partial charge is 0.486 e. The van der Waals surface area contributed by atoms with Crippen molar-refractivity contribution < 1.29 is 33.6 Å². The number of likely N-dealkylation sites (tertiary alicyclic amines) is 2. The Hall–Kier alpha value is -4.80. The second-order valence-electron chi connectivity index (χ2n) is 9.77. The first-order valence-electron chi connectivity index (χ1n) is 14.8. The van der Waals surface area contributed by atoms with E-state index in [1.807, 2.05) is 6.92 Å². The molecule has 17 nitrogen and oxygen atoms in total. The number of ether oxygens (including phenoxy) is 3. The number of carbonyl (C=O) groups is 2. The van der Waals surface area contributed by atoms with Gasteiger partial charge >= 0.3 is 23.8 Å². The fourth-order valence-electron chi connectivity index (χ4n) is 4.38. The maximum Gasteiger partial charge on any atom is 0.409 e. The highest BCUT2D eigenvalue weighted by atomic mass is 16.6. The lowest BCUT2D eigenvalue weighted by molar-refractivity contribution is -0.390. The van der Waals surface area contributed by atoms with E-state index in [2.05, 4.69) is 15.3 Å². The average Bonchev–Trinajstić information content (AvgIpc) is 3.03. The van der Waals surface area contributed by atoms with Crippen molar-refractivity contribution in [3.63, 3.8) is 0 Å². The number of pyridine rings is 2. The molecule has 2 fully saturated rings. The lowest BCUT2D eigenvalue weighted by Gasteiger charge is -2.31. The molecule has 2 aromatic heterocycles. The van der Waals surface area contributed by atoms with Crippen LogP contribution < -0.4 is 15.8 Å². The Kier molecular flexibility index (Phi) is 15.7. The molecule has 0 spiro atoms. The zero-order valence-electron chi connectivity index (χ0n) is 25.8. The van der Waals surface area contributed by atoms with Crippen LogP contribution in [-0.4, -0.2) is 99.9 Å². The SMILES string of the molecule is CCOC(=O)N1CCC(N)CC1.CCOC(=O)N1CCC(Nc2cccnc2[N+](=O)[O-])CC1.CCOc1cccnc1[N+](=O)[O-]. The van der Waals surface area contributed by atoms with E-state index in [0.717, 1.165) is 25.9 Å². The molecule has 0 atom stereocenters. The quantitative estimate of drug-likeness (QED) is 0.310. The van der Waals surface area contributed by atoms with Crippen LogP contribution in [0, 0.1) is 20.2 Å². The first-order chi connectivity index (χ1) is 21.6. The Labute approximate surface area is 261 Å². The standard InChI is InChI=1S/C13H18N4O4.C8H16N2O2.C7H8N2O3/c1-2-21-13(18)16-8-5-10(6-9-16)15-11-4-3-7-14-12(11)17(19)20;1-2-12-8(11)10-5-3-7(9)4-6-10;1-2-12-6-4-3-5-8-7(6)9(10)11/h3-4,7,10,15H,2,5-6,8-9H2,1H3;7H,2-6,9H2,1H3;3-5H,2H2,1H3. The summed E-state index contributed by atoms with van der Waals surface area (Å²) in [5.41, 5.74) is 6.11. The maximum atomic E-state index is 11.6. The third-order valence-electron chi connectivity index (χ3n) is 6.63. The molecule has 4 heterocycles. The van der Waals surface area contributed by atoms with Gasteiger partial charge in [-0.3, -0.25) is 0 Å². The Bertz CT molecular complexity index is 1240. The van der Waals surface area contributed by atoms with Gasteiger partial charge in [0.1, 0.15) is 18.1 Å². The number of piperidine rings is 2. The molecule has 45 heavy (non-hydrogen) atoms. The minimum atomic E-state index is -0.564. The molecule has 2 amide bonds. The van der Waals surface area contributed by atoms with E-state index >= 15 is 0 Å². The molecular weight excluding hydrogens is 592 g/mol. The van der Waals surface area contributed by atoms with Crippen LogP contribution in [0.1, 0.15) is 46.5 Å². The molecule has 0 saturated carbocycles. The van der Waals surface area contributed by atoms with Crippen molar-refractivity contribution >= 4 is 29.5 Å². The molecular formula is C28H42N8O9. The zero-order chi connectivity index (χ0) is 33.2. The molecule has 3 N–H and O–H groups in total. The van der Waals surface area contributed by atoms with Crippen molar-refractivity contribution in [3.05, 3.63) is 56.9 Å². The first-order valence-corrected chi connectivity index (χ1v) is 14.8. The van der Waals surface area contributed by atoms with Gasteiger partial charge in [-0.1, -0.05) is 0 Å². The minimum absolute atomic E-state index is 0.0820. The fourth-order valence-corrected chi connectivity index (χ4v) is 4.38. The number of nitro groups is 2. The molecule has 2 saturated heterocycles. The van der Waals surface area contributed by atoms with Gasteiger partial charge < -0.3 is 55.3 Å². The molecule has 0 bridgehead atoms. The van der Waals surface area contributed by atoms with Gasteiger partial charge in [-0.2, -0.15) is 0 Å². The average molecular weight is 635 g/mol. The summed E-state index contributed by atoms with van der Waals surface area (Å²) in [5, 5.41) is 24.4. The van der Waals surface area contributed by atoms with Crippen molar-refractivity contribution in [2.75, 3.05) is 51.3 Å². The van der Waals surface area contributed by atoms with Gasteiger partial charge in [0, 0.05) is 38.3 Å². The topological polar surface area (TPSA) is 218 Å². The van der Waals surface area contributed by atoms with Gasteiger partial charge in [0.15, 0.2) is 0 Å². The number of hydrogen-bond donors (Lipinski definition) is 2. The number of carbonyl (C=O) groups excluding carboxylic acids is 2. The number of aromatic nitrogens is 2. The zero-order valence-corrected chi connectivity index (χ0v) is 25.8.